The first-order chi connectivity index (χ1) is 8.70. The molecule has 0 amide bonds. The standard InChI is InChI=1S/C13H13ClFNO2/c1-16-7-9-4-5-17-13(9)8-18-10-2-3-12(15)11(14)6-10/h2-6,16H,7-8H2,1H3. The fourth-order valence-electron chi connectivity index (χ4n) is 1.56. The molecule has 1 aromatic carbocycles. The van der Waals surface area contributed by atoms with E-state index in [-0.39, 0.29) is 11.6 Å². The first-order valence-electron chi connectivity index (χ1n) is 5.48. The minimum Gasteiger partial charge on any atom is -0.486 e. The largest absolute Gasteiger partial charge is 0.486 e. The molecular weight excluding hydrogens is 257 g/mol. The minimum absolute atomic E-state index is 0.0439. The molecule has 96 valence electrons. The number of nitrogens with one attached hydrogen (secondary N) is 1. The van der Waals surface area contributed by atoms with E-state index in [4.69, 9.17) is 20.8 Å². The Labute approximate surface area is 110 Å². The van der Waals surface area contributed by atoms with Crippen molar-refractivity contribution >= 4 is 11.6 Å². The molecule has 2 aromatic rings. The zero-order valence-corrected chi connectivity index (χ0v) is 10.6. The van der Waals surface area contributed by atoms with Gasteiger partial charge in [-0.25, -0.2) is 4.39 Å². The van der Waals surface area contributed by atoms with Gasteiger partial charge in [0.15, 0.2) is 0 Å². The van der Waals surface area contributed by atoms with Gasteiger partial charge >= 0.3 is 0 Å². The van der Waals surface area contributed by atoms with E-state index in [9.17, 15) is 4.39 Å². The van der Waals surface area contributed by atoms with Crippen molar-refractivity contribution in [2.75, 3.05) is 7.05 Å². The average Bonchev–Trinajstić information content (AvgIpc) is 2.79. The van der Waals surface area contributed by atoms with Gasteiger partial charge in [-0.2, -0.15) is 0 Å². The maximum atomic E-state index is 13.0. The fraction of sp³-hybridized carbons (Fsp3) is 0.231. The third-order valence-electron chi connectivity index (χ3n) is 2.47. The Hall–Kier alpha value is -1.52. The molecule has 0 bridgehead atoms. The van der Waals surface area contributed by atoms with Gasteiger partial charge in [0.05, 0.1) is 11.3 Å². The molecular formula is C13H13ClFNO2. The number of rotatable bonds is 5. The number of benzene rings is 1. The number of hydrogen-bond acceptors (Lipinski definition) is 3. The lowest BCUT2D eigenvalue weighted by molar-refractivity contribution is 0.268. The van der Waals surface area contributed by atoms with E-state index in [0.29, 0.717) is 12.3 Å². The van der Waals surface area contributed by atoms with Gasteiger partial charge in [-0.3, -0.25) is 0 Å². The Morgan fingerprint density at radius 2 is 2.22 bits per heavy atom. The topological polar surface area (TPSA) is 34.4 Å². The molecule has 2 rings (SSSR count). The van der Waals surface area contributed by atoms with Crippen LogP contribution in [0.25, 0.3) is 0 Å². The zero-order chi connectivity index (χ0) is 13.0. The van der Waals surface area contributed by atoms with Crippen LogP contribution >= 0.6 is 11.6 Å². The molecule has 0 aliphatic carbocycles. The van der Waals surface area contributed by atoms with Crippen LogP contribution in [0.5, 0.6) is 5.75 Å². The van der Waals surface area contributed by atoms with Crippen molar-refractivity contribution < 1.29 is 13.5 Å². The molecule has 0 aliphatic rings. The van der Waals surface area contributed by atoms with Crippen LogP contribution in [0.3, 0.4) is 0 Å². The molecule has 0 fully saturated rings. The highest BCUT2D eigenvalue weighted by Gasteiger charge is 2.07. The second-order valence-electron chi connectivity index (χ2n) is 3.76. The van der Waals surface area contributed by atoms with Crippen LogP contribution in [0.15, 0.2) is 34.9 Å². The average molecular weight is 270 g/mol. The van der Waals surface area contributed by atoms with E-state index in [0.717, 1.165) is 11.3 Å². The van der Waals surface area contributed by atoms with Gasteiger partial charge in [0.1, 0.15) is 23.9 Å². The number of halogens is 2. The highest BCUT2D eigenvalue weighted by atomic mass is 35.5. The predicted molar refractivity (Wildman–Crippen MR) is 67.2 cm³/mol. The van der Waals surface area contributed by atoms with Crippen LogP contribution in [0.1, 0.15) is 11.3 Å². The van der Waals surface area contributed by atoms with E-state index in [1.54, 1.807) is 6.26 Å². The van der Waals surface area contributed by atoms with Gasteiger partial charge in [0.2, 0.25) is 0 Å². The number of hydrogen-bond donors (Lipinski definition) is 1. The summed E-state index contributed by atoms with van der Waals surface area (Å²) < 4.78 is 23.8. The molecule has 0 saturated carbocycles. The molecule has 0 spiro atoms. The fourth-order valence-corrected chi connectivity index (χ4v) is 1.73. The van der Waals surface area contributed by atoms with E-state index in [2.05, 4.69) is 5.32 Å². The third kappa shape index (κ3) is 3.03. The van der Waals surface area contributed by atoms with Gasteiger partial charge < -0.3 is 14.5 Å². The summed E-state index contributed by atoms with van der Waals surface area (Å²) in [5.74, 6) is 0.788. The van der Waals surface area contributed by atoms with Gasteiger partial charge in [-0.1, -0.05) is 11.6 Å². The summed E-state index contributed by atoms with van der Waals surface area (Å²) in [5.41, 5.74) is 1.03. The normalized spacial score (nSPS) is 10.6. The first-order valence-corrected chi connectivity index (χ1v) is 5.86. The lowest BCUT2D eigenvalue weighted by Gasteiger charge is -2.06. The first kappa shape index (κ1) is 12.9. The molecule has 0 aliphatic heterocycles. The van der Waals surface area contributed by atoms with Gasteiger partial charge in [0, 0.05) is 18.2 Å². The summed E-state index contributed by atoms with van der Waals surface area (Å²) in [7, 11) is 1.86. The molecule has 1 heterocycles. The quantitative estimate of drug-likeness (QED) is 0.904. The van der Waals surface area contributed by atoms with E-state index < -0.39 is 5.82 Å². The SMILES string of the molecule is CNCc1ccoc1COc1ccc(F)c(Cl)c1. The monoisotopic (exact) mass is 269 g/mol. The summed E-state index contributed by atoms with van der Waals surface area (Å²) in [6.45, 7) is 0.991. The van der Waals surface area contributed by atoms with Crippen molar-refractivity contribution in [3.05, 3.63) is 52.7 Å². The smallest absolute Gasteiger partial charge is 0.146 e. The maximum Gasteiger partial charge on any atom is 0.146 e. The van der Waals surface area contributed by atoms with Crippen LogP contribution in [0.4, 0.5) is 4.39 Å². The summed E-state index contributed by atoms with van der Waals surface area (Å²) in [6.07, 6.45) is 1.61. The zero-order valence-electron chi connectivity index (χ0n) is 9.87. The van der Waals surface area contributed by atoms with E-state index in [1.807, 2.05) is 13.1 Å². The molecule has 0 saturated heterocycles. The number of ether oxygens (including phenoxy) is 1. The van der Waals surface area contributed by atoms with Crippen molar-refractivity contribution in [1.82, 2.24) is 5.32 Å². The second-order valence-corrected chi connectivity index (χ2v) is 4.17. The van der Waals surface area contributed by atoms with Crippen LogP contribution < -0.4 is 10.1 Å². The highest BCUT2D eigenvalue weighted by molar-refractivity contribution is 6.30. The van der Waals surface area contributed by atoms with Crippen molar-refractivity contribution in [2.45, 2.75) is 13.2 Å². The highest BCUT2D eigenvalue weighted by Crippen LogP contribution is 2.22. The molecule has 0 radical (unpaired) electrons. The lowest BCUT2D eigenvalue weighted by Crippen LogP contribution is -2.07. The van der Waals surface area contributed by atoms with Crippen molar-refractivity contribution in [3.8, 4) is 5.75 Å². The van der Waals surface area contributed by atoms with E-state index in [1.165, 1.54) is 18.2 Å². The van der Waals surface area contributed by atoms with Crippen molar-refractivity contribution in [1.29, 1.82) is 0 Å². The molecule has 0 atom stereocenters. The van der Waals surface area contributed by atoms with Crippen LogP contribution in [-0.2, 0) is 13.2 Å². The lowest BCUT2D eigenvalue weighted by atomic mass is 10.2. The van der Waals surface area contributed by atoms with Crippen LogP contribution in [0.2, 0.25) is 5.02 Å². The van der Waals surface area contributed by atoms with E-state index >= 15 is 0 Å². The Bertz CT molecular complexity index is 527. The van der Waals surface area contributed by atoms with Gasteiger partial charge in [-0.15, -0.1) is 0 Å². The second kappa shape index (κ2) is 5.89. The molecule has 5 heteroatoms. The maximum absolute atomic E-state index is 13.0. The Morgan fingerprint density at radius 1 is 1.39 bits per heavy atom. The molecule has 1 N–H and O–H groups in total. The summed E-state index contributed by atoms with van der Waals surface area (Å²) in [5, 5.41) is 3.08. The number of furan rings is 1. The Balaban J connectivity index is 2.02. The van der Waals surface area contributed by atoms with Crippen LogP contribution in [0, 0.1) is 5.82 Å². The Kier molecular flexibility index (Phi) is 4.23. The van der Waals surface area contributed by atoms with Crippen molar-refractivity contribution in [2.24, 2.45) is 0 Å². The summed E-state index contributed by atoms with van der Waals surface area (Å²) in [4.78, 5) is 0. The third-order valence-corrected chi connectivity index (χ3v) is 2.76. The molecule has 3 nitrogen and oxygen atoms in total. The summed E-state index contributed by atoms with van der Waals surface area (Å²) in [6, 6.07) is 6.13. The molecule has 18 heavy (non-hydrogen) atoms. The summed E-state index contributed by atoms with van der Waals surface area (Å²) >= 11 is 5.67. The predicted octanol–water partition coefficient (Wildman–Crippen LogP) is 3.37. The molecule has 0 unspecified atom stereocenters. The minimum atomic E-state index is -0.460. The van der Waals surface area contributed by atoms with Crippen molar-refractivity contribution in [3.63, 3.8) is 0 Å². The molecule has 1 aromatic heterocycles. The van der Waals surface area contributed by atoms with Gasteiger partial charge in [0.25, 0.3) is 0 Å². The van der Waals surface area contributed by atoms with Gasteiger partial charge in [-0.05, 0) is 25.2 Å². The van der Waals surface area contributed by atoms with Crippen LogP contribution in [-0.4, -0.2) is 7.05 Å². The Morgan fingerprint density at radius 3 is 2.94 bits per heavy atom.